The molecule has 0 saturated carbocycles. The predicted molar refractivity (Wildman–Crippen MR) is 107 cm³/mol. The standard InChI is InChI=1S/C21H27N3O3/c1-26-18-8-6-17(7-9-18)16-23-21(25)10-11-22-19-4-2-3-5-20(19)24-12-14-27-15-13-24/h2-9,22H,10-16H2,1H3,(H,23,25). The third kappa shape index (κ3) is 5.62. The first kappa shape index (κ1) is 19.0. The number of carbonyl (C=O) groups excluding carboxylic acids is 1. The Morgan fingerprint density at radius 3 is 2.59 bits per heavy atom. The average Bonchev–Trinajstić information content (AvgIpc) is 2.73. The maximum Gasteiger partial charge on any atom is 0.222 e. The number of nitrogens with zero attached hydrogens (tertiary/aromatic N) is 1. The highest BCUT2D eigenvalue weighted by atomic mass is 16.5. The number of ether oxygens (including phenoxy) is 2. The smallest absolute Gasteiger partial charge is 0.222 e. The van der Waals surface area contributed by atoms with Crippen LogP contribution in [0.2, 0.25) is 0 Å². The topological polar surface area (TPSA) is 62.8 Å². The van der Waals surface area contributed by atoms with E-state index in [4.69, 9.17) is 9.47 Å². The first-order valence-electron chi connectivity index (χ1n) is 9.31. The van der Waals surface area contributed by atoms with Crippen LogP contribution in [-0.4, -0.2) is 45.9 Å². The summed E-state index contributed by atoms with van der Waals surface area (Å²) < 4.78 is 10.6. The van der Waals surface area contributed by atoms with Crippen molar-refractivity contribution in [3.63, 3.8) is 0 Å². The van der Waals surface area contributed by atoms with E-state index in [1.165, 1.54) is 5.69 Å². The Balaban J connectivity index is 1.44. The van der Waals surface area contributed by atoms with Crippen LogP contribution < -0.4 is 20.3 Å². The lowest BCUT2D eigenvalue weighted by Gasteiger charge is -2.30. The quantitative estimate of drug-likeness (QED) is 0.749. The summed E-state index contributed by atoms with van der Waals surface area (Å²) in [6.45, 7) is 4.40. The summed E-state index contributed by atoms with van der Waals surface area (Å²) in [5, 5.41) is 6.35. The molecule has 1 heterocycles. The molecule has 0 spiro atoms. The summed E-state index contributed by atoms with van der Waals surface area (Å²) in [5.41, 5.74) is 3.27. The summed E-state index contributed by atoms with van der Waals surface area (Å²) in [6.07, 6.45) is 0.424. The molecule has 2 aromatic carbocycles. The number of hydrogen-bond acceptors (Lipinski definition) is 5. The Bertz CT molecular complexity index is 728. The second-order valence-corrected chi connectivity index (χ2v) is 6.42. The van der Waals surface area contributed by atoms with Crippen LogP contribution in [0.4, 0.5) is 11.4 Å². The number of anilines is 2. The molecular weight excluding hydrogens is 342 g/mol. The van der Waals surface area contributed by atoms with Gasteiger partial charge in [0, 0.05) is 32.6 Å². The zero-order valence-corrected chi connectivity index (χ0v) is 15.7. The summed E-state index contributed by atoms with van der Waals surface area (Å²) in [7, 11) is 1.64. The van der Waals surface area contributed by atoms with Crippen molar-refractivity contribution in [1.82, 2.24) is 5.32 Å². The molecule has 1 amide bonds. The fourth-order valence-corrected chi connectivity index (χ4v) is 3.05. The minimum absolute atomic E-state index is 0.0298. The van der Waals surface area contributed by atoms with Gasteiger partial charge in [0.15, 0.2) is 0 Å². The number of morpholine rings is 1. The zero-order chi connectivity index (χ0) is 18.9. The van der Waals surface area contributed by atoms with Gasteiger partial charge < -0.3 is 25.0 Å². The molecule has 144 valence electrons. The van der Waals surface area contributed by atoms with Gasteiger partial charge in [-0.25, -0.2) is 0 Å². The highest BCUT2D eigenvalue weighted by Gasteiger charge is 2.14. The number of hydrogen-bond donors (Lipinski definition) is 2. The first-order chi connectivity index (χ1) is 13.3. The Kier molecular flexibility index (Phi) is 6.93. The Morgan fingerprint density at radius 1 is 1.11 bits per heavy atom. The van der Waals surface area contributed by atoms with Gasteiger partial charge >= 0.3 is 0 Å². The molecule has 1 saturated heterocycles. The second kappa shape index (κ2) is 9.83. The largest absolute Gasteiger partial charge is 0.497 e. The molecule has 0 bridgehead atoms. The monoisotopic (exact) mass is 369 g/mol. The van der Waals surface area contributed by atoms with Crippen molar-refractivity contribution in [2.45, 2.75) is 13.0 Å². The molecular formula is C21H27N3O3. The van der Waals surface area contributed by atoms with Crippen LogP contribution in [0.3, 0.4) is 0 Å². The number of para-hydroxylation sites is 2. The lowest BCUT2D eigenvalue weighted by atomic mass is 10.2. The number of benzene rings is 2. The van der Waals surface area contributed by atoms with Gasteiger partial charge in [0.25, 0.3) is 0 Å². The third-order valence-corrected chi connectivity index (χ3v) is 4.57. The van der Waals surface area contributed by atoms with Crippen molar-refractivity contribution < 1.29 is 14.3 Å². The first-order valence-corrected chi connectivity index (χ1v) is 9.31. The molecule has 2 aromatic rings. The minimum Gasteiger partial charge on any atom is -0.497 e. The minimum atomic E-state index is 0.0298. The van der Waals surface area contributed by atoms with E-state index in [2.05, 4.69) is 27.7 Å². The van der Waals surface area contributed by atoms with E-state index in [-0.39, 0.29) is 5.91 Å². The number of amides is 1. The number of carbonyl (C=O) groups is 1. The third-order valence-electron chi connectivity index (χ3n) is 4.57. The van der Waals surface area contributed by atoms with Crippen LogP contribution in [-0.2, 0) is 16.1 Å². The predicted octanol–water partition coefficient (Wildman–Crippen LogP) is 2.65. The van der Waals surface area contributed by atoms with E-state index in [0.29, 0.717) is 19.5 Å². The van der Waals surface area contributed by atoms with E-state index in [1.807, 2.05) is 36.4 Å². The van der Waals surface area contributed by atoms with Gasteiger partial charge in [-0.15, -0.1) is 0 Å². The van der Waals surface area contributed by atoms with Gasteiger partial charge in [-0.2, -0.15) is 0 Å². The van der Waals surface area contributed by atoms with Gasteiger partial charge in [-0.3, -0.25) is 4.79 Å². The maximum atomic E-state index is 12.1. The fourth-order valence-electron chi connectivity index (χ4n) is 3.05. The Hall–Kier alpha value is -2.73. The number of rotatable bonds is 8. The second-order valence-electron chi connectivity index (χ2n) is 6.42. The van der Waals surface area contributed by atoms with E-state index >= 15 is 0 Å². The summed E-state index contributed by atoms with van der Waals surface area (Å²) in [5.74, 6) is 0.843. The zero-order valence-electron chi connectivity index (χ0n) is 15.7. The van der Waals surface area contributed by atoms with E-state index in [9.17, 15) is 4.79 Å². The van der Waals surface area contributed by atoms with Gasteiger partial charge in [-0.05, 0) is 29.8 Å². The van der Waals surface area contributed by atoms with Crippen LogP contribution in [0.1, 0.15) is 12.0 Å². The summed E-state index contributed by atoms with van der Waals surface area (Å²) >= 11 is 0. The van der Waals surface area contributed by atoms with Crippen molar-refractivity contribution in [2.24, 2.45) is 0 Å². The van der Waals surface area contributed by atoms with E-state index in [1.54, 1.807) is 7.11 Å². The lowest BCUT2D eigenvalue weighted by molar-refractivity contribution is -0.121. The lowest BCUT2D eigenvalue weighted by Crippen LogP contribution is -2.36. The van der Waals surface area contributed by atoms with Gasteiger partial charge in [0.05, 0.1) is 31.7 Å². The Morgan fingerprint density at radius 2 is 1.85 bits per heavy atom. The van der Waals surface area contributed by atoms with Crippen LogP contribution in [0, 0.1) is 0 Å². The number of nitrogens with one attached hydrogen (secondary N) is 2. The SMILES string of the molecule is COc1ccc(CNC(=O)CCNc2ccccc2N2CCOCC2)cc1. The summed E-state index contributed by atoms with van der Waals surface area (Å²) in [4.78, 5) is 14.4. The number of methoxy groups -OCH3 is 1. The van der Waals surface area contributed by atoms with Crippen molar-refractivity contribution in [1.29, 1.82) is 0 Å². The average molecular weight is 369 g/mol. The molecule has 1 aliphatic rings. The normalized spacial score (nSPS) is 13.9. The van der Waals surface area contributed by atoms with Crippen LogP contribution >= 0.6 is 0 Å². The molecule has 0 atom stereocenters. The molecule has 6 heteroatoms. The molecule has 3 rings (SSSR count). The van der Waals surface area contributed by atoms with Crippen molar-refractivity contribution >= 4 is 17.3 Å². The van der Waals surface area contributed by atoms with Crippen molar-refractivity contribution in [2.75, 3.05) is 50.2 Å². The molecule has 6 nitrogen and oxygen atoms in total. The van der Waals surface area contributed by atoms with Crippen LogP contribution in [0.15, 0.2) is 48.5 Å². The van der Waals surface area contributed by atoms with E-state index in [0.717, 1.165) is 43.3 Å². The van der Waals surface area contributed by atoms with E-state index < -0.39 is 0 Å². The van der Waals surface area contributed by atoms with Crippen molar-refractivity contribution in [3.8, 4) is 5.75 Å². The molecule has 2 N–H and O–H groups in total. The van der Waals surface area contributed by atoms with Crippen LogP contribution in [0.5, 0.6) is 5.75 Å². The maximum absolute atomic E-state index is 12.1. The highest BCUT2D eigenvalue weighted by Crippen LogP contribution is 2.26. The van der Waals surface area contributed by atoms with Gasteiger partial charge in [0.2, 0.25) is 5.91 Å². The van der Waals surface area contributed by atoms with Gasteiger partial charge in [0.1, 0.15) is 5.75 Å². The van der Waals surface area contributed by atoms with Gasteiger partial charge in [-0.1, -0.05) is 24.3 Å². The Labute approximate surface area is 160 Å². The molecule has 27 heavy (non-hydrogen) atoms. The molecule has 0 unspecified atom stereocenters. The molecule has 1 fully saturated rings. The molecule has 1 aliphatic heterocycles. The highest BCUT2D eigenvalue weighted by molar-refractivity contribution is 5.77. The molecule has 0 radical (unpaired) electrons. The summed E-state index contributed by atoms with van der Waals surface area (Å²) in [6, 6.07) is 15.9. The fraction of sp³-hybridized carbons (Fsp3) is 0.381. The van der Waals surface area contributed by atoms with Crippen LogP contribution in [0.25, 0.3) is 0 Å². The molecule has 0 aromatic heterocycles. The van der Waals surface area contributed by atoms with Crippen molar-refractivity contribution in [3.05, 3.63) is 54.1 Å². The molecule has 0 aliphatic carbocycles.